The van der Waals surface area contributed by atoms with Crippen molar-refractivity contribution in [2.75, 3.05) is 0 Å². The van der Waals surface area contributed by atoms with E-state index in [-0.39, 0.29) is 5.56 Å². The molecule has 0 fully saturated rings. The van der Waals surface area contributed by atoms with E-state index in [9.17, 15) is 10.1 Å². The number of nitrogens with zero attached hydrogens (tertiary/aromatic N) is 4. The van der Waals surface area contributed by atoms with Gasteiger partial charge in [0.05, 0.1) is 33.1 Å². The molecule has 3 heterocycles. The summed E-state index contributed by atoms with van der Waals surface area (Å²) in [5.41, 5.74) is 12.6. The number of hydrogen-bond acceptors (Lipinski definition) is 2. The van der Waals surface area contributed by atoms with Gasteiger partial charge >= 0.3 is 0 Å². The van der Waals surface area contributed by atoms with E-state index in [2.05, 4.69) is 136 Å². The van der Waals surface area contributed by atoms with Crippen LogP contribution >= 0.6 is 0 Å². The molecule has 11 rings (SSSR count). The maximum absolute atomic E-state index is 14.8. The fraction of sp³-hybridized carbons (Fsp3) is 0. The minimum atomic E-state index is -0.179. The topological polar surface area (TPSA) is 55.1 Å². The molecule has 0 saturated carbocycles. The third kappa shape index (κ3) is 5.05. The second kappa shape index (κ2) is 12.8. The van der Waals surface area contributed by atoms with Crippen molar-refractivity contribution in [1.82, 2.24) is 13.5 Å². The van der Waals surface area contributed by atoms with Crippen LogP contribution in [-0.2, 0) is 0 Å². The summed E-state index contributed by atoms with van der Waals surface area (Å²) < 4.78 is 6.16. The van der Waals surface area contributed by atoms with Gasteiger partial charge in [-0.05, 0) is 100 Å². The van der Waals surface area contributed by atoms with Crippen LogP contribution < -0.4 is 5.56 Å². The highest BCUT2D eigenvalue weighted by molar-refractivity contribution is 6.11. The second-order valence-corrected chi connectivity index (χ2v) is 14.5. The van der Waals surface area contributed by atoms with E-state index in [4.69, 9.17) is 0 Å². The van der Waals surface area contributed by atoms with Crippen LogP contribution in [-0.4, -0.2) is 13.5 Å². The first-order valence-corrected chi connectivity index (χ1v) is 19.0. The normalized spacial score (nSPS) is 11.6. The summed E-state index contributed by atoms with van der Waals surface area (Å²) in [4.78, 5) is 14.8. The molecular formula is C52H32N4O. The van der Waals surface area contributed by atoms with Crippen molar-refractivity contribution in [1.29, 1.82) is 5.26 Å². The maximum Gasteiger partial charge on any atom is 0.266 e. The summed E-state index contributed by atoms with van der Waals surface area (Å²) in [6, 6.07) is 68.9. The zero-order valence-corrected chi connectivity index (χ0v) is 30.7. The van der Waals surface area contributed by atoms with Crippen LogP contribution in [0.1, 0.15) is 5.56 Å². The summed E-state index contributed by atoms with van der Waals surface area (Å²) in [6.45, 7) is 0. The van der Waals surface area contributed by atoms with Crippen molar-refractivity contribution in [2.45, 2.75) is 0 Å². The monoisotopic (exact) mass is 728 g/mol. The van der Waals surface area contributed by atoms with E-state index in [1.54, 1.807) is 4.57 Å². The van der Waals surface area contributed by atoms with Crippen molar-refractivity contribution in [3.05, 3.63) is 210 Å². The van der Waals surface area contributed by atoms with E-state index >= 15 is 0 Å². The average Bonchev–Trinajstić information content (AvgIpc) is 3.79. The molecule has 3 aromatic heterocycles. The Bertz CT molecular complexity index is 3420. The van der Waals surface area contributed by atoms with Crippen LogP contribution in [0, 0.1) is 11.3 Å². The molecule has 0 saturated heterocycles. The van der Waals surface area contributed by atoms with E-state index in [1.165, 1.54) is 5.39 Å². The van der Waals surface area contributed by atoms with Crippen molar-refractivity contribution < 1.29 is 0 Å². The molecule has 0 unspecified atom stereocenters. The first-order valence-electron chi connectivity index (χ1n) is 19.0. The number of aromatic nitrogens is 3. The lowest BCUT2D eigenvalue weighted by Gasteiger charge is -2.16. The molecule has 0 aliphatic carbocycles. The van der Waals surface area contributed by atoms with E-state index in [0.29, 0.717) is 22.3 Å². The largest absolute Gasteiger partial charge is 0.309 e. The van der Waals surface area contributed by atoms with Gasteiger partial charge in [-0.15, -0.1) is 0 Å². The minimum Gasteiger partial charge on any atom is -0.309 e. The maximum atomic E-state index is 14.8. The lowest BCUT2D eigenvalue weighted by Crippen LogP contribution is -2.21. The molecule has 0 bridgehead atoms. The van der Waals surface area contributed by atoms with Gasteiger partial charge in [-0.1, -0.05) is 127 Å². The number of rotatable bonds is 5. The number of hydrogen-bond donors (Lipinski definition) is 0. The van der Waals surface area contributed by atoms with E-state index in [0.717, 1.165) is 71.9 Å². The van der Waals surface area contributed by atoms with Crippen LogP contribution in [0.5, 0.6) is 0 Å². The van der Waals surface area contributed by atoms with Gasteiger partial charge in [-0.3, -0.25) is 13.8 Å². The smallest absolute Gasteiger partial charge is 0.266 e. The molecule has 0 N–H and O–H groups in total. The predicted molar refractivity (Wildman–Crippen MR) is 233 cm³/mol. The van der Waals surface area contributed by atoms with Gasteiger partial charge in [0.1, 0.15) is 17.3 Å². The molecule has 8 aromatic carbocycles. The quantitative estimate of drug-likeness (QED) is 0.177. The summed E-state index contributed by atoms with van der Waals surface area (Å²) in [5, 5.41) is 14.6. The van der Waals surface area contributed by atoms with Crippen LogP contribution in [0.3, 0.4) is 0 Å². The number of para-hydroxylation sites is 3. The zero-order valence-electron chi connectivity index (χ0n) is 30.7. The Labute approximate surface area is 327 Å². The summed E-state index contributed by atoms with van der Waals surface area (Å²) in [5.74, 6) is 0. The first-order chi connectivity index (χ1) is 28.2. The molecule has 5 heteroatoms. The number of benzene rings is 8. The van der Waals surface area contributed by atoms with Gasteiger partial charge in [-0.2, -0.15) is 5.26 Å². The molecular weight excluding hydrogens is 697 g/mol. The fourth-order valence-corrected chi connectivity index (χ4v) is 8.67. The lowest BCUT2D eigenvalue weighted by molar-refractivity contribution is 1.01. The van der Waals surface area contributed by atoms with Crippen molar-refractivity contribution in [3.8, 4) is 50.8 Å². The third-order valence-electron chi connectivity index (χ3n) is 11.3. The van der Waals surface area contributed by atoms with Crippen molar-refractivity contribution >= 4 is 49.3 Å². The molecule has 0 radical (unpaired) electrons. The third-order valence-corrected chi connectivity index (χ3v) is 11.3. The summed E-state index contributed by atoms with van der Waals surface area (Å²) in [7, 11) is 0. The van der Waals surface area contributed by atoms with Crippen molar-refractivity contribution in [2.24, 2.45) is 0 Å². The standard InChI is InChI=1S/C52H32N4O/c53-33-46-43-26-24-37(36-25-27-49-45(31-36)42-20-10-12-22-47(42)54(49)40-18-8-3-9-19-40)32-50(43)56-48-23-13-11-21-44(48)52(57)55(51(46)56)41-29-38(34-14-4-1-5-15-34)28-39(30-41)35-16-6-2-7-17-35/h1-32H. The molecule has 5 nitrogen and oxygen atoms in total. The van der Waals surface area contributed by atoms with Gasteiger partial charge in [0.15, 0.2) is 0 Å². The summed E-state index contributed by atoms with van der Waals surface area (Å²) in [6.07, 6.45) is 0. The van der Waals surface area contributed by atoms with Gasteiger partial charge in [0.25, 0.3) is 5.56 Å². The van der Waals surface area contributed by atoms with E-state index < -0.39 is 0 Å². The van der Waals surface area contributed by atoms with Crippen molar-refractivity contribution in [3.63, 3.8) is 0 Å². The molecule has 0 amide bonds. The zero-order chi connectivity index (χ0) is 38.0. The van der Waals surface area contributed by atoms with Crippen LogP contribution in [0.4, 0.5) is 0 Å². The van der Waals surface area contributed by atoms with Crippen LogP contribution in [0.25, 0.3) is 94.0 Å². The number of nitriles is 1. The Morgan fingerprint density at radius 3 is 1.61 bits per heavy atom. The second-order valence-electron chi connectivity index (χ2n) is 14.5. The summed E-state index contributed by atoms with van der Waals surface area (Å²) >= 11 is 0. The highest BCUT2D eigenvalue weighted by atomic mass is 16.1. The molecule has 0 spiro atoms. The molecule has 0 atom stereocenters. The SMILES string of the molecule is N#Cc1c2ccc(-c3ccc4c(c3)c3ccccc3n4-c3ccccc3)cc2n2c3ccccc3c(=O)n(-c3cc(-c4ccccc4)cc(-c4ccccc4)c3)c12. The molecule has 11 aromatic rings. The Hall–Kier alpha value is -7.94. The average molecular weight is 729 g/mol. The minimum absolute atomic E-state index is 0.179. The first kappa shape index (κ1) is 32.5. The van der Waals surface area contributed by atoms with Gasteiger partial charge < -0.3 is 4.57 Å². The van der Waals surface area contributed by atoms with Gasteiger partial charge in [-0.25, -0.2) is 0 Å². The highest BCUT2D eigenvalue weighted by Gasteiger charge is 2.23. The number of fused-ring (bicyclic) bond motifs is 8. The van der Waals surface area contributed by atoms with E-state index in [1.807, 2.05) is 72.8 Å². The van der Waals surface area contributed by atoms with Gasteiger partial charge in [0, 0.05) is 21.8 Å². The Morgan fingerprint density at radius 1 is 0.368 bits per heavy atom. The Morgan fingerprint density at radius 2 is 0.930 bits per heavy atom. The highest BCUT2D eigenvalue weighted by Crippen LogP contribution is 2.38. The lowest BCUT2D eigenvalue weighted by atomic mass is 9.98. The van der Waals surface area contributed by atoms with Crippen LogP contribution in [0.2, 0.25) is 0 Å². The Balaban J connectivity index is 1.19. The Kier molecular flexibility index (Phi) is 7.32. The molecule has 0 aliphatic heterocycles. The molecule has 266 valence electrons. The van der Waals surface area contributed by atoms with Gasteiger partial charge in [0.2, 0.25) is 0 Å². The molecule has 0 aliphatic rings. The predicted octanol–water partition coefficient (Wildman–Crippen LogP) is 12.4. The van der Waals surface area contributed by atoms with Crippen LogP contribution in [0.15, 0.2) is 199 Å². The fourth-order valence-electron chi connectivity index (χ4n) is 8.67. The molecule has 57 heavy (non-hydrogen) atoms.